The molecule has 3 N–H and O–H groups in total. The predicted molar refractivity (Wildman–Crippen MR) is 87.6 cm³/mol. The van der Waals surface area contributed by atoms with Crippen LogP contribution in [0, 0.1) is 0 Å². The average molecular weight is 322 g/mol. The van der Waals surface area contributed by atoms with Gasteiger partial charge in [0.25, 0.3) is 0 Å². The average Bonchev–Trinajstić information content (AvgIpc) is 3.22. The molecule has 4 rings (SSSR count). The van der Waals surface area contributed by atoms with Gasteiger partial charge in [-0.05, 0) is 12.1 Å². The van der Waals surface area contributed by atoms with Gasteiger partial charge in [0.05, 0.1) is 17.3 Å². The Balaban J connectivity index is 1.57. The summed E-state index contributed by atoms with van der Waals surface area (Å²) in [6.07, 6.45) is 3.80. The van der Waals surface area contributed by atoms with E-state index in [1.54, 1.807) is 10.9 Å². The van der Waals surface area contributed by atoms with Crippen molar-refractivity contribution in [2.24, 2.45) is 0 Å². The second-order valence-electron chi connectivity index (χ2n) is 5.06. The van der Waals surface area contributed by atoms with E-state index in [9.17, 15) is 0 Å². The fourth-order valence-corrected chi connectivity index (χ4v) is 2.40. The van der Waals surface area contributed by atoms with E-state index in [1.165, 1.54) is 6.33 Å². The Morgan fingerprint density at radius 2 is 2.00 bits per heavy atom. The number of benzene rings is 1. The molecule has 1 aromatic carbocycles. The van der Waals surface area contributed by atoms with Gasteiger partial charge in [0.1, 0.15) is 12.1 Å². The van der Waals surface area contributed by atoms with E-state index in [-0.39, 0.29) is 6.01 Å². The molecule has 120 valence electrons. The van der Waals surface area contributed by atoms with Crippen molar-refractivity contribution in [3.05, 3.63) is 48.7 Å². The Kier molecular flexibility index (Phi) is 3.50. The first-order chi connectivity index (χ1) is 11.8. The molecule has 4 aromatic rings. The monoisotopic (exact) mass is 322 g/mol. The molecular weight excluding hydrogens is 308 g/mol. The Bertz CT molecular complexity index is 962. The van der Waals surface area contributed by atoms with Crippen LogP contribution < -0.4 is 11.1 Å². The number of rotatable bonds is 5. The molecule has 9 heteroatoms. The molecule has 0 amide bonds. The number of nitrogen functional groups attached to an aromatic ring is 1. The molecule has 3 heterocycles. The minimum absolute atomic E-state index is 0.0681. The molecule has 0 bridgehead atoms. The molecule has 0 saturated carbocycles. The second kappa shape index (κ2) is 5.95. The van der Waals surface area contributed by atoms with E-state index in [0.717, 1.165) is 16.7 Å². The number of nitrogens with one attached hydrogen (secondary N) is 1. The maximum Gasteiger partial charge on any atom is 0.312 e. The lowest BCUT2D eigenvalue weighted by Gasteiger charge is -2.05. The maximum absolute atomic E-state index is 5.40. The van der Waals surface area contributed by atoms with E-state index in [4.69, 9.17) is 10.2 Å². The second-order valence-corrected chi connectivity index (χ2v) is 5.06. The summed E-state index contributed by atoms with van der Waals surface area (Å²) >= 11 is 0. The third-order valence-corrected chi connectivity index (χ3v) is 3.48. The van der Waals surface area contributed by atoms with Gasteiger partial charge in [0.2, 0.25) is 5.89 Å². The van der Waals surface area contributed by atoms with Crippen LogP contribution in [-0.4, -0.2) is 36.5 Å². The Morgan fingerprint density at radius 1 is 1.12 bits per heavy atom. The first-order valence-electron chi connectivity index (χ1n) is 7.37. The predicted octanol–water partition coefficient (Wildman–Crippen LogP) is 1.44. The fourth-order valence-electron chi connectivity index (χ4n) is 2.40. The highest BCUT2D eigenvalue weighted by atomic mass is 16.4. The molecule has 0 fully saturated rings. The van der Waals surface area contributed by atoms with E-state index in [0.29, 0.717) is 24.7 Å². The molecule has 0 radical (unpaired) electrons. The van der Waals surface area contributed by atoms with Crippen molar-refractivity contribution in [2.45, 2.75) is 6.42 Å². The molecule has 3 aromatic heterocycles. The van der Waals surface area contributed by atoms with Gasteiger partial charge in [-0.25, -0.2) is 14.6 Å². The number of nitrogens with two attached hydrogens (primary N) is 1. The first kappa shape index (κ1) is 14.1. The van der Waals surface area contributed by atoms with Crippen molar-refractivity contribution < 1.29 is 4.42 Å². The van der Waals surface area contributed by atoms with Crippen molar-refractivity contribution in [3.8, 4) is 5.69 Å². The summed E-state index contributed by atoms with van der Waals surface area (Å²) in [5.41, 5.74) is 7.08. The van der Waals surface area contributed by atoms with Crippen LogP contribution in [0.15, 0.2) is 47.3 Å². The number of nitrogens with zero attached hydrogens (tertiary/aromatic N) is 6. The summed E-state index contributed by atoms with van der Waals surface area (Å²) in [6, 6.07) is 9.89. The topological polar surface area (TPSA) is 121 Å². The molecule has 9 nitrogen and oxygen atoms in total. The van der Waals surface area contributed by atoms with Crippen LogP contribution in [0.3, 0.4) is 0 Å². The lowest BCUT2D eigenvalue weighted by Crippen LogP contribution is -2.07. The lowest BCUT2D eigenvalue weighted by molar-refractivity contribution is 0.513. The van der Waals surface area contributed by atoms with Crippen LogP contribution in [-0.2, 0) is 6.42 Å². The van der Waals surface area contributed by atoms with Gasteiger partial charge < -0.3 is 15.5 Å². The van der Waals surface area contributed by atoms with Crippen molar-refractivity contribution in [3.63, 3.8) is 0 Å². The number of aromatic nitrogens is 6. The number of para-hydroxylation sites is 1. The summed E-state index contributed by atoms with van der Waals surface area (Å²) in [5, 5.41) is 15.9. The fraction of sp³-hybridized carbons (Fsp3) is 0.133. The third-order valence-electron chi connectivity index (χ3n) is 3.48. The summed E-state index contributed by atoms with van der Waals surface area (Å²) in [7, 11) is 0. The zero-order valence-electron chi connectivity index (χ0n) is 12.6. The highest BCUT2D eigenvalue weighted by molar-refractivity contribution is 5.87. The van der Waals surface area contributed by atoms with Crippen LogP contribution in [0.25, 0.3) is 16.7 Å². The largest absolute Gasteiger partial charge is 0.408 e. The number of hydrogen-bond donors (Lipinski definition) is 2. The van der Waals surface area contributed by atoms with E-state index in [2.05, 4.69) is 30.6 Å². The normalized spacial score (nSPS) is 11.0. The van der Waals surface area contributed by atoms with Gasteiger partial charge in [-0.1, -0.05) is 23.3 Å². The summed E-state index contributed by atoms with van der Waals surface area (Å²) < 4.78 is 6.92. The van der Waals surface area contributed by atoms with Crippen molar-refractivity contribution in [1.29, 1.82) is 0 Å². The molecule has 24 heavy (non-hydrogen) atoms. The minimum Gasteiger partial charge on any atom is -0.408 e. The molecule has 0 unspecified atom stereocenters. The van der Waals surface area contributed by atoms with Gasteiger partial charge >= 0.3 is 6.01 Å². The lowest BCUT2D eigenvalue weighted by atomic mass is 10.3. The molecule has 0 aliphatic heterocycles. The van der Waals surface area contributed by atoms with Gasteiger partial charge in [-0.15, -0.1) is 5.10 Å². The Morgan fingerprint density at radius 3 is 2.79 bits per heavy atom. The summed E-state index contributed by atoms with van der Waals surface area (Å²) in [6.45, 7) is 0.574. The van der Waals surface area contributed by atoms with E-state index < -0.39 is 0 Å². The molecular formula is C15H14N8O. The zero-order chi connectivity index (χ0) is 16.4. The maximum atomic E-state index is 5.40. The Hall–Kier alpha value is -3.49. The van der Waals surface area contributed by atoms with E-state index >= 15 is 0 Å². The van der Waals surface area contributed by atoms with Crippen LogP contribution in [0.1, 0.15) is 5.89 Å². The molecule has 0 saturated heterocycles. The van der Waals surface area contributed by atoms with Crippen molar-refractivity contribution in [2.75, 3.05) is 17.6 Å². The molecule has 0 spiro atoms. The molecule has 0 aliphatic rings. The van der Waals surface area contributed by atoms with E-state index in [1.807, 2.05) is 30.3 Å². The van der Waals surface area contributed by atoms with Crippen molar-refractivity contribution >= 4 is 22.9 Å². The number of anilines is 2. The van der Waals surface area contributed by atoms with Crippen LogP contribution in [0.4, 0.5) is 11.8 Å². The zero-order valence-corrected chi connectivity index (χ0v) is 12.6. The highest BCUT2D eigenvalue weighted by Crippen LogP contribution is 2.21. The van der Waals surface area contributed by atoms with Crippen LogP contribution in [0.5, 0.6) is 0 Å². The van der Waals surface area contributed by atoms with Crippen LogP contribution >= 0.6 is 0 Å². The van der Waals surface area contributed by atoms with Gasteiger partial charge in [0.15, 0.2) is 5.65 Å². The third kappa shape index (κ3) is 2.62. The summed E-state index contributed by atoms with van der Waals surface area (Å²) in [5.74, 6) is 1.18. The van der Waals surface area contributed by atoms with Crippen LogP contribution in [0.2, 0.25) is 0 Å². The summed E-state index contributed by atoms with van der Waals surface area (Å²) in [4.78, 5) is 8.62. The standard InChI is InChI=1S/C15H14N8O/c16-15-22-21-12(24-15)6-7-17-13-11-8-20-23(14(11)19-9-18-13)10-4-2-1-3-5-10/h1-5,8-9H,6-7H2,(H2,16,22)(H,17,18,19). The first-order valence-corrected chi connectivity index (χ1v) is 7.37. The molecule has 0 atom stereocenters. The molecule has 0 aliphatic carbocycles. The SMILES string of the molecule is Nc1nnc(CCNc2ncnc3c2cnn3-c2ccccc2)o1. The number of fused-ring (bicyclic) bond motifs is 1. The highest BCUT2D eigenvalue weighted by Gasteiger charge is 2.11. The smallest absolute Gasteiger partial charge is 0.312 e. The number of hydrogen-bond acceptors (Lipinski definition) is 8. The minimum atomic E-state index is 0.0681. The van der Waals surface area contributed by atoms with Gasteiger partial charge in [-0.3, -0.25) is 0 Å². The Labute approximate surface area is 136 Å². The quantitative estimate of drug-likeness (QED) is 0.566. The van der Waals surface area contributed by atoms with Crippen molar-refractivity contribution in [1.82, 2.24) is 29.9 Å². The van der Waals surface area contributed by atoms with Gasteiger partial charge in [0, 0.05) is 13.0 Å². The van der Waals surface area contributed by atoms with Gasteiger partial charge in [-0.2, -0.15) is 5.10 Å².